The van der Waals surface area contributed by atoms with Crippen LogP contribution in [0.4, 0.5) is 0 Å². The lowest BCUT2D eigenvalue weighted by molar-refractivity contribution is -0.142. The number of carboxylic acids is 1. The molecule has 0 saturated carbocycles. The number of aromatic nitrogens is 1. The molecule has 2 aromatic carbocycles. The second-order valence-corrected chi connectivity index (χ2v) is 9.10. The number of hydrogen-bond acceptors (Lipinski definition) is 6. The zero-order valence-electron chi connectivity index (χ0n) is 20.3. The van der Waals surface area contributed by atoms with Crippen LogP contribution in [0.5, 0.6) is 0 Å². The molecule has 7 N–H and O–H groups in total. The average Bonchev–Trinajstić information content (AvgIpc) is 3.29. The average molecular weight is 526 g/mol. The number of aromatic amines is 1. The van der Waals surface area contributed by atoms with Crippen molar-refractivity contribution >= 4 is 47.2 Å². The van der Waals surface area contributed by atoms with E-state index >= 15 is 0 Å². The van der Waals surface area contributed by atoms with Gasteiger partial charge in [0.25, 0.3) is 0 Å². The first-order valence-electron chi connectivity index (χ1n) is 11.8. The third-order valence-electron chi connectivity index (χ3n) is 5.92. The van der Waals surface area contributed by atoms with Crippen molar-refractivity contribution in [2.75, 3.05) is 5.75 Å². The van der Waals surface area contributed by atoms with Gasteiger partial charge in [0.15, 0.2) is 0 Å². The molecule has 3 rings (SSSR count). The van der Waals surface area contributed by atoms with Gasteiger partial charge in [0.05, 0.1) is 6.04 Å². The summed E-state index contributed by atoms with van der Waals surface area (Å²) in [6, 6.07) is 12.5. The van der Waals surface area contributed by atoms with Crippen LogP contribution in [-0.4, -0.2) is 63.7 Å². The number of rotatable bonds is 12. The third kappa shape index (κ3) is 7.58. The largest absolute Gasteiger partial charge is 0.480 e. The zero-order valence-corrected chi connectivity index (χ0v) is 21.2. The second kappa shape index (κ2) is 12.9. The highest BCUT2D eigenvalue weighted by Gasteiger charge is 2.28. The second-order valence-electron chi connectivity index (χ2n) is 8.73. The van der Waals surface area contributed by atoms with E-state index < -0.39 is 47.9 Å². The van der Waals surface area contributed by atoms with E-state index in [2.05, 4.69) is 33.6 Å². The number of benzene rings is 2. The van der Waals surface area contributed by atoms with E-state index in [-0.39, 0.29) is 12.2 Å². The molecule has 37 heavy (non-hydrogen) atoms. The molecule has 10 nitrogen and oxygen atoms in total. The Morgan fingerprint density at radius 2 is 1.54 bits per heavy atom. The summed E-state index contributed by atoms with van der Waals surface area (Å²) in [7, 11) is 0. The number of amides is 3. The van der Waals surface area contributed by atoms with Crippen molar-refractivity contribution in [3.63, 3.8) is 0 Å². The summed E-state index contributed by atoms with van der Waals surface area (Å²) in [6.07, 6.45) is 2.05. The molecule has 11 heteroatoms. The van der Waals surface area contributed by atoms with Crippen LogP contribution >= 0.6 is 12.6 Å². The van der Waals surface area contributed by atoms with Crippen molar-refractivity contribution in [3.8, 4) is 0 Å². The maximum Gasteiger partial charge on any atom is 0.326 e. The molecule has 1 heterocycles. The number of fused-ring (bicyclic) bond motifs is 1. The number of carbonyl (C=O) groups excluding carboxylic acids is 3. The number of nitrogens with two attached hydrogens (primary N) is 1. The van der Waals surface area contributed by atoms with Crippen LogP contribution in [0.15, 0.2) is 60.8 Å². The van der Waals surface area contributed by atoms with Crippen LogP contribution in [-0.2, 0) is 32.0 Å². The molecule has 4 atom stereocenters. The molecule has 0 fully saturated rings. The molecular weight excluding hydrogens is 494 g/mol. The van der Waals surface area contributed by atoms with E-state index in [1.54, 1.807) is 6.20 Å². The SMILES string of the molecule is CC(NC(=O)C(N)Cc1ccccc1)C(=O)NC(CS)C(=O)NC(Cc1c[nH]c2ccccc12)C(=O)O. The van der Waals surface area contributed by atoms with Crippen molar-refractivity contribution < 1.29 is 24.3 Å². The molecule has 0 radical (unpaired) electrons. The maximum atomic E-state index is 12.8. The van der Waals surface area contributed by atoms with Gasteiger partial charge in [-0.15, -0.1) is 0 Å². The Kier molecular flexibility index (Phi) is 9.70. The minimum absolute atomic E-state index is 0.0457. The highest BCUT2D eigenvalue weighted by molar-refractivity contribution is 7.80. The van der Waals surface area contributed by atoms with Gasteiger partial charge in [0.1, 0.15) is 18.1 Å². The first-order chi connectivity index (χ1) is 17.7. The molecule has 1 aromatic heterocycles. The van der Waals surface area contributed by atoms with E-state index in [9.17, 15) is 24.3 Å². The van der Waals surface area contributed by atoms with Crippen molar-refractivity contribution in [2.24, 2.45) is 5.73 Å². The zero-order chi connectivity index (χ0) is 26.9. The highest BCUT2D eigenvalue weighted by atomic mass is 32.1. The molecule has 0 spiro atoms. The third-order valence-corrected chi connectivity index (χ3v) is 6.28. The molecule has 0 aliphatic carbocycles. The van der Waals surface area contributed by atoms with Crippen molar-refractivity contribution in [1.82, 2.24) is 20.9 Å². The number of thiol groups is 1. The molecule has 0 aliphatic heterocycles. The van der Waals surface area contributed by atoms with Crippen molar-refractivity contribution in [3.05, 3.63) is 71.9 Å². The van der Waals surface area contributed by atoms with Gasteiger partial charge >= 0.3 is 5.97 Å². The molecule has 4 unspecified atom stereocenters. The van der Waals surface area contributed by atoms with Crippen molar-refractivity contribution in [1.29, 1.82) is 0 Å². The first-order valence-corrected chi connectivity index (χ1v) is 12.4. The minimum atomic E-state index is -1.22. The highest BCUT2D eigenvalue weighted by Crippen LogP contribution is 2.19. The fourth-order valence-electron chi connectivity index (χ4n) is 3.83. The fourth-order valence-corrected chi connectivity index (χ4v) is 4.09. The Labute approximate surface area is 219 Å². The Balaban J connectivity index is 1.56. The Bertz CT molecular complexity index is 1250. The van der Waals surface area contributed by atoms with Gasteiger partial charge in [0, 0.05) is 29.3 Å². The van der Waals surface area contributed by atoms with Gasteiger partial charge in [-0.1, -0.05) is 48.5 Å². The van der Waals surface area contributed by atoms with Gasteiger partial charge in [-0.25, -0.2) is 4.79 Å². The molecule has 3 amide bonds. The monoisotopic (exact) mass is 525 g/mol. The molecule has 0 aliphatic rings. The Morgan fingerprint density at radius 1 is 0.892 bits per heavy atom. The summed E-state index contributed by atoms with van der Waals surface area (Å²) in [5.74, 6) is -3.13. The number of hydrogen-bond donors (Lipinski definition) is 7. The van der Waals surface area contributed by atoms with Crippen LogP contribution in [0.1, 0.15) is 18.1 Å². The smallest absolute Gasteiger partial charge is 0.326 e. The van der Waals surface area contributed by atoms with E-state index in [0.717, 1.165) is 22.0 Å². The summed E-state index contributed by atoms with van der Waals surface area (Å²) in [4.78, 5) is 52.9. The number of carbonyl (C=O) groups is 4. The van der Waals surface area contributed by atoms with Gasteiger partial charge in [0.2, 0.25) is 17.7 Å². The lowest BCUT2D eigenvalue weighted by Crippen LogP contribution is -2.57. The van der Waals surface area contributed by atoms with Gasteiger partial charge in [-0.2, -0.15) is 12.6 Å². The van der Waals surface area contributed by atoms with Crippen LogP contribution in [0.2, 0.25) is 0 Å². The van der Waals surface area contributed by atoms with E-state index in [0.29, 0.717) is 6.42 Å². The lowest BCUT2D eigenvalue weighted by atomic mass is 10.0. The summed E-state index contributed by atoms with van der Waals surface area (Å²) < 4.78 is 0. The van der Waals surface area contributed by atoms with Gasteiger partial charge in [-0.3, -0.25) is 14.4 Å². The van der Waals surface area contributed by atoms with Crippen LogP contribution in [0, 0.1) is 0 Å². The Hall–Kier alpha value is -3.83. The maximum absolute atomic E-state index is 12.8. The fraction of sp³-hybridized carbons (Fsp3) is 0.308. The molecule has 0 bridgehead atoms. The summed E-state index contributed by atoms with van der Waals surface area (Å²) in [5.41, 5.74) is 8.44. The standard InChI is InChI=1S/C26H31N5O5S/c1-15(29-24(33)19(27)11-16-7-3-2-4-8-16)23(32)31-22(14-37)25(34)30-21(26(35)36)12-17-13-28-20-10-6-5-9-18(17)20/h2-10,13,15,19,21-22,28,37H,11-12,14,27H2,1H3,(H,29,33)(H,30,34)(H,31,32)(H,35,36). The number of carboxylic acid groups (broad SMARTS) is 1. The number of H-pyrrole nitrogens is 1. The Morgan fingerprint density at radius 3 is 2.22 bits per heavy atom. The first kappa shape index (κ1) is 27.8. The number of aliphatic carboxylic acids is 1. The number of para-hydroxylation sites is 1. The van der Waals surface area contributed by atoms with E-state index in [1.165, 1.54) is 6.92 Å². The van der Waals surface area contributed by atoms with Crippen LogP contribution in [0.3, 0.4) is 0 Å². The molecule has 0 saturated heterocycles. The normalized spacial score (nSPS) is 14.2. The molecule has 3 aromatic rings. The predicted octanol–water partition coefficient (Wildman–Crippen LogP) is 0.769. The topological polar surface area (TPSA) is 166 Å². The number of nitrogens with one attached hydrogen (secondary N) is 4. The lowest BCUT2D eigenvalue weighted by Gasteiger charge is -2.23. The van der Waals surface area contributed by atoms with Gasteiger partial charge < -0.3 is 31.8 Å². The van der Waals surface area contributed by atoms with E-state index in [4.69, 9.17) is 5.73 Å². The summed E-state index contributed by atoms with van der Waals surface area (Å²) in [6.45, 7) is 1.47. The summed E-state index contributed by atoms with van der Waals surface area (Å²) in [5, 5.41) is 18.1. The van der Waals surface area contributed by atoms with Crippen LogP contribution < -0.4 is 21.7 Å². The molecule has 196 valence electrons. The van der Waals surface area contributed by atoms with Crippen LogP contribution in [0.25, 0.3) is 10.9 Å². The predicted molar refractivity (Wildman–Crippen MR) is 143 cm³/mol. The van der Waals surface area contributed by atoms with Gasteiger partial charge in [-0.05, 0) is 30.5 Å². The van der Waals surface area contributed by atoms with Crippen molar-refractivity contribution in [2.45, 2.75) is 43.9 Å². The minimum Gasteiger partial charge on any atom is -0.480 e. The quantitative estimate of drug-likeness (QED) is 0.173. The van der Waals surface area contributed by atoms with E-state index in [1.807, 2.05) is 54.6 Å². The molecular formula is C26H31N5O5S. The summed E-state index contributed by atoms with van der Waals surface area (Å²) >= 11 is 4.13.